The summed E-state index contributed by atoms with van der Waals surface area (Å²) in [5, 5.41) is 0.772. The van der Waals surface area contributed by atoms with Crippen LogP contribution in [0.2, 0.25) is 5.02 Å². The fraction of sp³-hybridized carbons (Fsp3) is 0.278. The Morgan fingerprint density at radius 1 is 1.15 bits per heavy atom. The van der Waals surface area contributed by atoms with Crippen molar-refractivity contribution in [1.82, 2.24) is 0 Å². The van der Waals surface area contributed by atoms with Gasteiger partial charge >= 0.3 is 0 Å². The van der Waals surface area contributed by atoms with Crippen molar-refractivity contribution in [3.8, 4) is 0 Å². The van der Waals surface area contributed by atoms with Crippen LogP contribution in [-0.4, -0.2) is 5.78 Å². The van der Waals surface area contributed by atoms with Crippen LogP contribution in [0.4, 0.5) is 0 Å². The third-order valence-electron chi connectivity index (χ3n) is 4.09. The van der Waals surface area contributed by atoms with E-state index >= 15 is 0 Å². The van der Waals surface area contributed by atoms with E-state index < -0.39 is 0 Å². The van der Waals surface area contributed by atoms with Gasteiger partial charge < -0.3 is 0 Å². The average Bonchev–Trinajstić information content (AvgIpc) is 3.21. The molecule has 2 aromatic rings. The topological polar surface area (TPSA) is 17.1 Å². The van der Waals surface area contributed by atoms with Gasteiger partial charge in [-0.2, -0.15) is 0 Å². The number of benzene rings is 2. The molecule has 0 heterocycles. The second-order valence-electron chi connectivity index (χ2n) is 5.65. The molecule has 2 atom stereocenters. The highest BCUT2D eigenvalue weighted by Gasteiger charge is 2.45. The van der Waals surface area contributed by atoms with E-state index in [0.717, 1.165) is 33.7 Å². The second kappa shape index (κ2) is 5.06. The Kier molecular flexibility index (Phi) is 3.39. The lowest BCUT2D eigenvalue weighted by Gasteiger charge is -2.07. The Bertz CT molecular complexity index is 675. The number of Topliss-reactive ketones (excluding diaryl/α,β-unsaturated/α-hetero) is 1. The van der Waals surface area contributed by atoms with Crippen LogP contribution >= 0.6 is 11.6 Å². The van der Waals surface area contributed by atoms with Gasteiger partial charge in [0.15, 0.2) is 5.78 Å². The van der Waals surface area contributed by atoms with Gasteiger partial charge in [-0.25, -0.2) is 0 Å². The zero-order valence-electron chi connectivity index (χ0n) is 11.7. The largest absolute Gasteiger partial charge is 0.294 e. The van der Waals surface area contributed by atoms with Crippen LogP contribution in [0.3, 0.4) is 0 Å². The number of rotatable bonds is 3. The first kappa shape index (κ1) is 13.4. The summed E-state index contributed by atoms with van der Waals surface area (Å²) >= 11 is 6.22. The zero-order chi connectivity index (χ0) is 14.3. The molecule has 1 saturated carbocycles. The summed E-state index contributed by atoms with van der Waals surface area (Å²) in [6.07, 6.45) is 0.913. The molecule has 2 unspecified atom stereocenters. The van der Waals surface area contributed by atoms with Gasteiger partial charge in [-0.15, -0.1) is 0 Å². The lowest BCUT2D eigenvalue weighted by molar-refractivity contribution is 0.0964. The summed E-state index contributed by atoms with van der Waals surface area (Å²) in [5.41, 5.74) is 4.17. The molecule has 2 heteroatoms. The fourth-order valence-electron chi connectivity index (χ4n) is 2.81. The maximum absolute atomic E-state index is 12.6. The van der Waals surface area contributed by atoms with Crippen molar-refractivity contribution in [1.29, 1.82) is 0 Å². The molecule has 0 spiro atoms. The van der Waals surface area contributed by atoms with E-state index in [4.69, 9.17) is 11.6 Å². The lowest BCUT2D eigenvalue weighted by Crippen LogP contribution is -2.06. The molecule has 0 bridgehead atoms. The second-order valence-corrected chi connectivity index (χ2v) is 6.06. The molecule has 3 rings (SSSR count). The Morgan fingerprint density at radius 3 is 2.65 bits per heavy atom. The van der Waals surface area contributed by atoms with E-state index in [-0.39, 0.29) is 17.6 Å². The first-order valence-corrected chi connectivity index (χ1v) is 7.31. The molecule has 0 N–H and O–H groups in total. The van der Waals surface area contributed by atoms with Gasteiger partial charge in [-0.3, -0.25) is 4.79 Å². The summed E-state index contributed by atoms with van der Waals surface area (Å²) in [5.74, 6) is 0.641. The van der Waals surface area contributed by atoms with Crippen LogP contribution in [0.1, 0.15) is 39.4 Å². The van der Waals surface area contributed by atoms with Gasteiger partial charge in [0.05, 0.1) is 0 Å². The minimum absolute atomic E-state index is 0.0930. The molecule has 1 nitrogen and oxygen atoms in total. The lowest BCUT2D eigenvalue weighted by atomic mass is 9.97. The number of halogens is 1. The number of ketones is 1. The summed E-state index contributed by atoms with van der Waals surface area (Å²) in [6, 6.07) is 13.9. The third kappa shape index (κ3) is 2.38. The molecule has 0 aliphatic heterocycles. The highest BCUT2D eigenvalue weighted by molar-refractivity contribution is 6.31. The summed E-state index contributed by atoms with van der Waals surface area (Å²) in [7, 11) is 0. The molecular weight excluding hydrogens is 268 g/mol. The van der Waals surface area contributed by atoms with Gasteiger partial charge in [-0.05, 0) is 49.4 Å². The molecule has 1 fully saturated rings. The minimum atomic E-state index is 0.0930. The molecule has 0 aromatic heterocycles. The predicted octanol–water partition coefficient (Wildman–Crippen LogP) is 4.94. The van der Waals surface area contributed by atoms with Crippen LogP contribution in [0.15, 0.2) is 42.5 Å². The monoisotopic (exact) mass is 284 g/mol. The Morgan fingerprint density at radius 2 is 1.90 bits per heavy atom. The molecule has 1 aliphatic carbocycles. The van der Waals surface area contributed by atoms with E-state index in [0.29, 0.717) is 0 Å². The Hall–Kier alpha value is -1.60. The van der Waals surface area contributed by atoms with Crippen molar-refractivity contribution in [3.05, 3.63) is 69.7 Å². The summed E-state index contributed by atoms with van der Waals surface area (Å²) in [4.78, 5) is 12.6. The standard InChI is InChI=1S/C18H17ClO/c1-11-7-8-12(2)14(9-11)18(20)16-10-15(16)13-5-3-4-6-17(13)19/h3-9,15-16H,10H2,1-2H3. The summed E-state index contributed by atoms with van der Waals surface area (Å²) < 4.78 is 0. The molecule has 0 saturated heterocycles. The number of carbonyl (C=O) groups excluding carboxylic acids is 1. The average molecular weight is 285 g/mol. The van der Waals surface area contributed by atoms with Crippen molar-refractivity contribution < 1.29 is 4.79 Å². The van der Waals surface area contributed by atoms with Gasteiger partial charge in [0.1, 0.15) is 0 Å². The van der Waals surface area contributed by atoms with E-state index in [9.17, 15) is 4.79 Å². The number of hydrogen-bond acceptors (Lipinski definition) is 1. The van der Waals surface area contributed by atoms with Crippen molar-refractivity contribution in [2.45, 2.75) is 26.2 Å². The van der Waals surface area contributed by atoms with Crippen LogP contribution in [-0.2, 0) is 0 Å². The van der Waals surface area contributed by atoms with Gasteiger partial charge in [0.2, 0.25) is 0 Å². The zero-order valence-corrected chi connectivity index (χ0v) is 12.4. The fourth-order valence-corrected chi connectivity index (χ4v) is 3.08. The normalized spacial score (nSPS) is 20.8. The molecule has 1 aliphatic rings. The maximum atomic E-state index is 12.6. The van der Waals surface area contributed by atoms with Crippen LogP contribution in [0.25, 0.3) is 0 Å². The molecular formula is C18H17ClO. The quantitative estimate of drug-likeness (QED) is 0.729. The van der Waals surface area contributed by atoms with Crippen LogP contribution < -0.4 is 0 Å². The smallest absolute Gasteiger partial charge is 0.166 e. The van der Waals surface area contributed by atoms with Gasteiger partial charge in [0.25, 0.3) is 0 Å². The van der Waals surface area contributed by atoms with E-state index in [1.807, 2.05) is 56.3 Å². The van der Waals surface area contributed by atoms with Crippen molar-refractivity contribution in [3.63, 3.8) is 0 Å². The first-order chi connectivity index (χ1) is 9.58. The van der Waals surface area contributed by atoms with Crippen molar-refractivity contribution in [2.24, 2.45) is 5.92 Å². The van der Waals surface area contributed by atoms with Crippen molar-refractivity contribution in [2.75, 3.05) is 0 Å². The maximum Gasteiger partial charge on any atom is 0.166 e. The molecule has 0 amide bonds. The van der Waals surface area contributed by atoms with E-state index in [1.165, 1.54) is 0 Å². The summed E-state index contributed by atoms with van der Waals surface area (Å²) in [6.45, 7) is 4.02. The Labute approximate surface area is 124 Å². The molecule has 102 valence electrons. The van der Waals surface area contributed by atoms with Crippen LogP contribution in [0, 0.1) is 19.8 Å². The van der Waals surface area contributed by atoms with E-state index in [1.54, 1.807) is 0 Å². The third-order valence-corrected chi connectivity index (χ3v) is 4.43. The number of aryl methyl sites for hydroxylation is 2. The van der Waals surface area contributed by atoms with Crippen molar-refractivity contribution >= 4 is 17.4 Å². The highest BCUT2D eigenvalue weighted by atomic mass is 35.5. The number of carbonyl (C=O) groups is 1. The molecule has 20 heavy (non-hydrogen) atoms. The molecule has 2 aromatic carbocycles. The van der Waals surface area contributed by atoms with Gasteiger partial charge in [-0.1, -0.05) is 47.5 Å². The molecule has 0 radical (unpaired) electrons. The number of hydrogen-bond donors (Lipinski definition) is 0. The first-order valence-electron chi connectivity index (χ1n) is 6.94. The predicted molar refractivity (Wildman–Crippen MR) is 82.5 cm³/mol. The minimum Gasteiger partial charge on any atom is -0.294 e. The SMILES string of the molecule is Cc1ccc(C)c(C(=O)C2CC2c2ccccc2Cl)c1. The highest BCUT2D eigenvalue weighted by Crippen LogP contribution is 2.51. The van der Waals surface area contributed by atoms with Crippen LogP contribution in [0.5, 0.6) is 0 Å². The van der Waals surface area contributed by atoms with E-state index in [2.05, 4.69) is 0 Å². The van der Waals surface area contributed by atoms with Gasteiger partial charge in [0, 0.05) is 16.5 Å². The Balaban J connectivity index is 1.84.